The third-order valence-electron chi connectivity index (χ3n) is 4.74. The molecule has 144 valence electrons. The molecule has 0 bridgehead atoms. The largest absolute Gasteiger partial charge is 0.491 e. The molecule has 1 aliphatic rings. The zero-order valence-electron chi connectivity index (χ0n) is 16.2. The van der Waals surface area contributed by atoms with Crippen molar-refractivity contribution in [2.75, 3.05) is 30.8 Å². The third kappa shape index (κ3) is 3.71. The van der Waals surface area contributed by atoms with E-state index >= 15 is 0 Å². The molecule has 0 amide bonds. The van der Waals surface area contributed by atoms with Crippen LogP contribution in [-0.4, -0.2) is 45.1 Å². The van der Waals surface area contributed by atoms with Gasteiger partial charge in [0.1, 0.15) is 17.9 Å². The Balaban J connectivity index is 1.48. The highest BCUT2D eigenvalue weighted by molar-refractivity contribution is 5.60. The van der Waals surface area contributed by atoms with E-state index in [2.05, 4.69) is 48.5 Å². The summed E-state index contributed by atoms with van der Waals surface area (Å²) in [5, 5.41) is 6.31. The summed E-state index contributed by atoms with van der Waals surface area (Å²) in [4.78, 5) is 21.7. The number of hydrogen-bond donors (Lipinski definition) is 2. The van der Waals surface area contributed by atoms with Gasteiger partial charge in [-0.05, 0) is 13.0 Å². The Morgan fingerprint density at radius 2 is 1.96 bits per heavy atom. The van der Waals surface area contributed by atoms with Crippen molar-refractivity contribution in [3.05, 3.63) is 47.8 Å². The number of anilines is 2. The molecule has 1 aliphatic heterocycles. The SMILES string of the molecule is CNc1ncc(-c2cc(NC[C@@H](C)c3cc(C)nc4c3OCC4)ncn2)cn1. The van der Waals surface area contributed by atoms with E-state index in [0.717, 1.165) is 47.2 Å². The van der Waals surface area contributed by atoms with Crippen molar-refractivity contribution in [2.24, 2.45) is 0 Å². The first-order valence-corrected chi connectivity index (χ1v) is 9.33. The lowest BCUT2D eigenvalue weighted by molar-refractivity contribution is 0.352. The molecular weight excluding hydrogens is 354 g/mol. The van der Waals surface area contributed by atoms with Gasteiger partial charge in [-0.25, -0.2) is 19.9 Å². The van der Waals surface area contributed by atoms with Crippen LogP contribution < -0.4 is 15.4 Å². The summed E-state index contributed by atoms with van der Waals surface area (Å²) < 4.78 is 5.82. The van der Waals surface area contributed by atoms with E-state index in [-0.39, 0.29) is 5.92 Å². The molecule has 28 heavy (non-hydrogen) atoms. The molecule has 0 saturated heterocycles. The lowest BCUT2D eigenvalue weighted by Gasteiger charge is -2.17. The maximum atomic E-state index is 5.82. The van der Waals surface area contributed by atoms with Crippen molar-refractivity contribution in [3.63, 3.8) is 0 Å². The molecule has 0 aromatic carbocycles. The van der Waals surface area contributed by atoms with Crippen LogP contribution in [0, 0.1) is 6.92 Å². The quantitative estimate of drug-likeness (QED) is 0.677. The summed E-state index contributed by atoms with van der Waals surface area (Å²) in [6, 6.07) is 4.02. The van der Waals surface area contributed by atoms with Gasteiger partial charge in [0, 0.05) is 61.2 Å². The van der Waals surface area contributed by atoms with Crippen molar-refractivity contribution < 1.29 is 4.74 Å². The van der Waals surface area contributed by atoms with Gasteiger partial charge in [0.2, 0.25) is 5.95 Å². The fourth-order valence-electron chi connectivity index (χ4n) is 3.27. The molecule has 1 atom stereocenters. The highest BCUT2D eigenvalue weighted by Crippen LogP contribution is 2.34. The Labute approximate surface area is 163 Å². The second kappa shape index (κ2) is 7.75. The molecule has 0 unspecified atom stereocenters. The lowest BCUT2D eigenvalue weighted by atomic mass is 9.99. The van der Waals surface area contributed by atoms with Crippen molar-refractivity contribution in [2.45, 2.75) is 26.2 Å². The van der Waals surface area contributed by atoms with Gasteiger partial charge >= 0.3 is 0 Å². The molecule has 8 heteroatoms. The Hall–Kier alpha value is -3.29. The van der Waals surface area contributed by atoms with E-state index < -0.39 is 0 Å². The fraction of sp³-hybridized carbons (Fsp3) is 0.350. The highest BCUT2D eigenvalue weighted by Gasteiger charge is 2.22. The van der Waals surface area contributed by atoms with E-state index in [1.807, 2.05) is 13.0 Å². The average Bonchev–Trinajstić information content (AvgIpc) is 3.20. The van der Waals surface area contributed by atoms with E-state index in [1.54, 1.807) is 25.8 Å². The molecular formula is C20H23N7O. The van der Waals surface area contributed by atoms with Crippen LogP contribution in [0.4, 0.5) is 11.8 Å². The first-order chi connectivity index (χ1) is 13.6. The van der Waals surface area contributed by atoms with Crippen LogP contribution in [-0.2, 0) is 6.42 Å². The minimum absolute atomic E-state index is 0.255. The second-order valence-corrected chi connectivity index (χ2v) is 6.84. The summed E-state index contributed by atoms with van der Waals surface area (Å²) >= 11 is 0. The number of fused-ring (bicyclic) bond motifs is 1. The maximum Gasteiger partial charge on any atom is 0.222 e. The number of hydrogen-bond acceptors (Lipinski definition) is 8. The van der Waals surface area contributed by atoms with Crippen molar-refractivity contribution >= 4 is 11.8 Å². The molecule has 3 aromatic rings. The highest BCUT2D eigenvalue weighted by atomic mass is 16.5. The van der Waals surface area contributed by atoms with Crippen LogP contribution in [0.3, 0.4) is 0 Å². The lowest BCUT2D eigenvalue weighted by Crippen LogP contribution is -2.12. The molecule has 0 spiro atoms. The molecule has 0 aliphatic carbocycles. The predicted molar refractivity (Wildman–Crippen MR) is 108 cm³/mol. The summed E-state index contributed by atoms with van der Waals surface area (Å²) in [5.74, 6) is 2.54. The fourth-order valence-corrected chi connectivity index (χ4v) is 3.27. The predicted octanol–water partition coefficient (Wildman–Crippen LogP) is 2.83. The molecule has 2 N–H and O–H groups in total. The monoisotopic (exact) mass is 377 g/mol. The van der Waals surface area contributed by atoms with E-state index in [0.29, 0.717) is 12.6 Å². The number of pyridine rings is 1. The van der Waals surface area contributed by atoms with Crippen LogP contribution >= 0.6 is 0 Å². The number of nitrogens with zero attached hydrogens (tertiary/aromatic N) is 5. The maximum absolute atomic E-state index is 5.82. The summed E-state index contributed by atoms with van der Waals surface area (Å²) in [5.41, 5.74) is 4.90. The first kappa shape index (κ1) is 18.1. The number of rotatable bonds is 6. The van der Waals surface area contributed by atoms with Gasteiger partial charge in [-0.3, -0.25) is 4.98 Å². The number of ether oxygens (including phenoxy) is 1. The Morgan fingerprint density at radius 3 is 2.75 bits per heavy atom. The number of aromatic nitrogens is 5. The average molecular weight is 377 g/mol. The zero-order valence-corrected chi connectivity index (χ0v) is 16.2. The number of nitrogens with one attached hydrogen (secondary N) is 2. The molecule has 8 nitrogen and oxygen atoms in total. The van der Waals surface area contributed by atoms with Crippen molar-refractivity contribution in [1.29, 1.82) is 0 Å². The van der Waals surface area contributed by atoms with Gasteiger partial charge in [-0.1, -0.05) is 6.92 Å². The van der Waals surface area contributed by atoms with Gasteiger partial charge in [0.25, 0.3) is 0 Å². The normalized spacial score (nSPS) is 13.5. The molecule has 3 aromatic heterocycles. The third-order valence-corrected chi connectivity index (χ3v) is 4.74. The molecule has 4 rings (SSSR count). The van der Waals surface area contributed by atoms with Crippen LogP contribution in [0.1, 0.15) is 29.8 Å². The van der Waals surface area contributed by atoms with Crippen molar-refractivity contribution in [1.82, 2.24) is 24.9 Å². The van der Waals surface area contributed by atoms with Gasteiger partial charge in [-0.2, -0.15) is 0 Å². The van der Waals surface area contributed by atoms with Gasteiger partial charge in [0.05, 0.1) is 18.0 Å². The van der Waals surface area contributed by atoms with E-state index in [1.165, 1.54) is 5.56 Å². The molecule has 0 saturated carbocycles. The molecule has 0 radical (unpaired) electrons. The van der Waals surface area contributed by atoms with E-state index in [9.17, 15) is 0 Å². The topological polar surface area (TPSA) is 97.7 Å². The van der Waals surface area contributed by atoms with Crippen LogP contribution in [0.15, 0.2) is 30.9 Å². The minimum Gasteiger partial charge on any atom is -0.491 e. The van der Waals surface area contributed by atoms with Crippen LogP contribution in [0.25, 0.3) is 11.3 Å². The Bertz CT molecular complexity index is 975. The van der Waals surface area contributed by atoms with Crippen LogP contribution in [0.5, 0.6) is 5.75 Å². The minimum atomic E-state index is 0.255. The molecule has 4 heterocycles. The van der Waals surface area contributed by atoms with Gasteiger partial charge < -0.3 is 15.4 Å². The summed E-state index contributed by atoms with van der Waals surface area (Å²) in [7, 11) is 1.79. The Kier molecular flexibility index (Phi) is 5.01. The van der Waals surface area contributed by atoms with Gasteiger partial charge in [-0.15, -0.1) is 0 Å². The van der Waals surface area contributed by atoms with Crippen molar-refractivity contribution in [3.8, 4) is 17.0 Å². The van der Waals surface area contributed by atoms with Gasteiger partial charge in [0.15, 0.2) is 0 Å². The summed E-state index contributed by atoms with van der Waals surface area (Å²) in [6.07, 6.45) is 5.92. The first-order valence-electron chi connectivity index (χ1n) is 9.33. The van der Waals surface area contributed by atoms with E-state index in [4.69, 9.17) is 4.74 Å². The molecule has 0 fully saturated rings. The zero-order chi connectivity index (χ0) is 19.5. The smallest absolute Gasteiger partial charge is 0.222 e. The standard InChI is InChI=1S/C20H23N7O/c1-12(15-6-13(2)27-16-4-5-28-19(15)16)8-22-18-7-17(25-11-26-18)14-9-23-20(21-3)24-10-14/h6-7,9-12H,4-5,8H2,1-3H3,(H,21,23,24)(H,22,25,26)/t12-/m1/s1. The van der Waals surface area contributed by atoms with Crippen LogP contribution in [0.2, 0.25) is 0 Å². The Morgan fingerprint density at radius 1 is 1.14 bits per heavy atom. The summed E-state index contributed by atoms with van der Waals surface area (Å²) in [6.45, 7) is 5.64. The number of aryl methyl sites for hydroxylation is 1. The second-order valence-electron chi connectivity index (χ2n) is 6.84.